The van der Waals surface area contributed by atoms with Crippen molar-refractivity contribution in [3.05, 3.63) is 0 Å². The Hall–Kier alpha value is 0.270. The monoisotopic (exact) mass is 201 g/mol. The van der Waals surface area contributed by atoms with Crippen molar-refractivity contribution in [2.45, 2.75) is 38.3 Å². The van der Waals surface area contributed by atoms with Gasteiger partial charge in [0.1, 0.15) is 0 Å². The van der Waals surface area contributed by atoms with E-state index in [1.165, 1.54) is 19.4 Å². The van der Waals surface area contributed by atoms with Crippen LogP contribution in [0, 0.1) is 11.8 Å². The molecule has 0 aromatic heterocycles. The number of hydrogen-bond acceptors (Lipinski definition) is 3. The van der Waals surface area contributed by atoms with E-state index >= 15 is 0 Å². The van der Waals surface area contributed by atoms with E-state index in [-0.39, 0.29) is 6.10 Å². The van der Waals surface area contributed by atoms with Crippen molar-refractivity contribution in [3.63, 3.8) is 0 Å². The van der Waals surface area contributed by atoms with Gasteiger partial charge in [0.05, 0.1) is 6.10 Å². The Morgan fingerprint density at radius 2 is 2.23 bits per heavy atom. The van der Waals surface area contributed by atoms with Gasteiger partial charge in [0.15, 0.2) is 0 Å². The number of aliphatic hydroxyl groups is 1. The Labute approximate surface area is 84.8 Å². The zero-order chi connectivity index (χ0) is 9.42. The molecule has 2 bridgehead atoms. The fourth-order valence-electron chi connectivity index (χ4n) is 2.90. The van der Waals surface area contributed by atoms with Gasteiger partial charge in [0.25, 0.3) is 0 Å². The van der Waals surface area contributed by atoms with Crippen molar-refractivity contribution in [2.24, 2.45) is 11.8 Å². The number of hydrogen-bond donors (Lipinski definition) is 1. The SMILES string of the molecule is CCC1CC2C[C@H](C1O)N(SC)C2. The summed E-state index contributed by atoms with van der Waals surface area (Å²) in [5, 5.41) is 10.1. The molecular formula is C10H19NOS. The molecule has 1 aliphatic heterocycles. The fourth-order valence-corrected chi connectivity index (χ4v) is 3.75. The summed E-state index contributed by atoms with van der Waals surface area (Å²) in [5.41, 5.74) is 0. The molecule has 1 saturated carbocycles. The molecule has 1 heterocycles. The van der Waals surface area contributed by atoms with Crippen LogP contribution in [0.5, 0.6) is 0 Å². The Kier molecular flexibility index (Phi) is 2.86. The Bertz CT molecular complexity index is 184. The first-order chi connectivity index (χ1) is 6.26. The first-order valence-corrected chi connectivity index (χ1v) is 6.43. The van der Waals surface area contributed by atoms with Gasteiger partial charge in [-0.05, 0) is 30.9 Å². The summed E-state index contributed by atoms with van der Waals surface area (Å²) in [4.78, 5) is 0. The standard InChI is InChI=1S/C10H19NOS/c1-3-8-4-7-5-9(10(8)12)11(6-7)13-2/h7-10,12H,3-6H2,1-2H3/t7?,8?,9-,10?/m1/s1. The van der Waals surface area contributed by atoms with Crippen LogP contribution in [0.4, 0.5) is 0 Å². The zero-order valence-corrected chi connectivity index (χ0v) is 9.26. The molecule has 0 spiro atoms. The van der Waals surface area contributed by atoms with Crippen LogP contribution in [0.15, 0.2) is 0 Å². The minimum absolute atomic E-state index is 0.0730. The lowest BCUT2D eigenvalue weighted by molar-refractivity contribution is 0.0327. The molecule has 1 saturated heterocycles. The van der Waals surface area contributed by atoms with Gasteiger partial charge in [0.2, 0.25) is 0 Å². The van der Waals surface area contributed by atoms with Gasteiger partial charge >= 0.3 is 0 Å². The van der Waals surface area contributed by atoms with E-state index in [4.69, 9.17) is 0 Å². The van der Waals surface area contributed by atoms with Crippen molar-refractivity contribution in [1.29, 1.82) is 0 Å². The molecule has 0 radical (unpaired) electrons. The predicted molar refractivity (Wildman–Crippen MR) is 56.5 cm³/mol. The second kappa shape index (κ2) is 3.79. The van der Waals surface area contributed by atoms with Gasteiger partial charge in [-0.15, -0.1) is 0 Å². The van der Waals surface area contributed by atoms with E-state index in [1.807, 2.05) is 0 Å². The van der Waals surface area contributed by atoms with Crippen LogP contribution >= 0.6 is 11.9 Å². The smallest absolute Gasteiger partial charge is 0.0732 e. The lowest BCUT2D eigenvalue weighted by Crippen LogP contribution is -2.40. The molecule has 1 N–H and O–H groups in total. The Morgan fingerprint density at radius 1 is 1.46 bits per heavy atom. The predicted octanol–water partition coefficient (Wildman–Crippen LogP) is 1.75. The number of aliphatic hydroxyl groups excluding tert-OH is 1. The zero-order valence-electron chi connectivity index (χ0n) is 8.44. The van der Waals surface area contributed by atoms with Gasteiger partial charge in [-0.3, -0.25) is 0 Å². The average molecular weight is 201 g/mol. The van der Waals surface area contributed by atoms with E-state index in [2.05, 4.69) is 17.5 Å². The highest BCUT2D eigenvalue weighted by molar-refractivity contribution is 7.96. The summed E-state index contributed by atoms with van der Waals surface area (Å²) in [5.74, 6) is 1.41. The molecule has 13 heavy (non-hydrogen) atoms. The quantitative estimate of drug-likeness (QED) is 0.689. The van der Waals surface area contributed by atoms with Gasteiger partial charge in [-0.25, -0.2) is 4.31 Å². The van der Waals surface area contributed by atoms with Crippen molar-refractivity contribution in [1.82, 2.24) is 4.31 Å². The van der Waals surface area contributed by atoms with E-state index in [9.17, 15) is 5.11 Å². The minimum atomic E-state index is -0.0730. The minimum Gasteiger partial charge on any atom is -0.391 e. The molecule has 1 aliphatic carbocycles. The van der Waals surface area contributed by atoms with Crippen LogP contribution in [0.25, 0.3) is 0 Å². The molecule has 0 aromatic carbocycles. The molecule has 4 atom stereocenters. The lowest BCUT2D eigenvalue weighted by atomic mass is 9.78. The third-order valence-electron chi connectivity index (χ3n) is 3.66. The van der Waals surface area contributed by atoms with Gasteiger partial charge < -0.3 is 5.11 Å². The molecule has 2 aliphatic rings. The highest BCUT2D eigenvalue weighted by atomic mass is 32.2. The molecule has 3 heteroatoms. The Morgan fingerprint density at radius 3 is 2.85 bits per heavy atom. The maximum absolute atomic E-state index is 10.1. The first-order valence-electron chi connectivity index (χ1n) is 5.25. The summed E-state index contributed by atoms with van der Waals surface area (Å²) < 4.78 is 2.38. The molecule has 2 fully saturated rings. The van der Waals surface area contributed by atoms with Crippen LogP contribution in [-0.4, -0.2) is 34.4 Å². The van der Waals surface area contributed by atoms with Crippen molar-refractivity contribution < 1.29 is 5.11 Å². The van der Waals surface area contributed by atoms with Crippen LogP contribution < -0.4 is 0 Å². The van der Waals surface area contributed by atoms with Gasteiger partial charge in [-0.1, -0.05) is 25.3 Å². The van der Waals surface area contributed by atoms with E-state index in [0.717, 1.165) is 12.3 Å². The molecule has 0 amide bonds. The summed E-state index contributed by atoms with van der Waals surface area (Å²) in [6.45, 7) is 3.39. The highest BCUT2D eigenvalue weighted by Crippen LogP contribution is 2.42. The average Bonchev–Trinajstić information content (AvgIpc) is 2.51. The van der Waals surface area contributed by atoms with E-state index in [0.29, 0.717) is 12.0 Å². The second-order valence-corrected chi connectivity index (χ2v) is 5.18. The van der Waals surface area contributed by atoms with Crippen LogP contribution in [0.1, 0.15) is 26.2 Å². The normalized spacial score (nSPS) is 45.5. The number of fused-ring (bicyclic) bond motifs is 2. The van der Waals surface area contributed by atoms with E-state index in [1.54, 1.807) is 11.9 Å². The van der Waals surface area contributed by atoms with Gasteiger partial charge in [-0.2, -0.15) is 0 Å². The second-order valence-electron chi connectivity index (χ2n) is 4.35. The summed E-state index contributed by atoms with van der Waals surface area (Å²) in [6, 6.07) is 0.443. The Balaban J connectivity index is 2.08. The molecule has 2 rings (SSSR count). The van der Waals surface area contributed by atoms with Crippen molar-refractivity contribution >= 4 is 11.9 Å². The summed E-state index contributed by atoms with van der Waals surface area (Å²) in [7, 11) is 0. The number of nitrogens with zero attached hydrogens (tertiary/aromatic N) is 1. The summed E-state index contributed by atoms with van der Waals surface area (Å²) in [6.07, 6.45) is 5.64. The van der Waals surface area contributed by atoms with Gasteiger partial charge in [0, 0.05) is 12.6 Å². The maximum Gasteiger partial charge on any atom is 0.0732 e. The topological polar surface area (TPSA) is 23.5 Å². The van der Waals surface area contributed by atoms with Crippen LogP contribution in [-0.2, 0) is 0 Å². The maximum atomic E-state index is 10.1. The molecule has 2 nitrogen and oxygen atoms in total. The molecule has 76 valence electrons. The third-order valence-corrected chi connectivity index (χ3v) is 4.54. The van der Waals surface area contributed by atoms with Crippen LogP contribution in [0.3, 0.4) is 0 Å². The molecule has 0 aromatic rings. The van der Waals surface area contributed by atoms with E-state index < -0.39 is 0 Å². The lowest BCUT2D eigenvalue weighted by Gasteiger charge is -2.33. The molecule has 3 unspecified atom stereocenters. The van der Waals surface area contributed by atoms with Crippen molar-refractivity contribution in [3.8, 4) is 0 Å². The summed E-state index contributed by atoms with van der Waals surface area (Å²) >= 11 is 1.80. The number of rotatable bonds is 2. The molecular weight excluding hydrogens is 182 g/mol. The highest BCUT2D eigenvalue weighted by Gasteiger charge is 2.44. The van der Waals surface area contributed by atoms with Crippen molar-refractivity contribution in [2.75, 3.05) is 12.8 Å². The first kappa shape index (κ1) is 9.81. The largest absolute Gasteiger partial charge is 0.391 e. The fraction of sp³-hybridized carbons (Fsp3) is 1.00. The van der Waals surface area contributed by atoms with Crippen LogP contribution in [0.2, 0.25) is 0 Å². The third kappa shape index (κ3) is 1.62.